The molecule has 0 aromatic carbocycles. The average Bonchev–Trinajstić information content (AvgIpc) is 2.47. The zero-order valence-corrected chi connectivity index (χ0v) is 7.38. The van der Waals surface area contributed by atoms with Crippen LogP contribution in [0.1, 0.15) is 26.2 Å². The molecule has 0 bridgehead atoms. The molecule has 0 radical (unpaired) electrons. The maximum absolute atomic E-state index is 11.3. The molecule has 1 amide bonds. The summed E-state index contributed by atoms with van der Waals surface area (Å²) in [6.07, 6.45) is 2.63. The predicted octanol–water partition coefficient (Wildman–Crippen LogP) is 0.181. The van der Waals surface area contributed by atoms with Gasteiger partial charge in [-0.3, -0.25) is 9.63 Å². The minimum atomic E-state index is -0.0233. The van der Waals surface area contributed by atoms with Crippen molar-refractivity contribution in [3.8, 4) is 0 Å². The molecule has 1 aliphatic rings. The molecule has 0 aromatic rings. The number of rotatable bonds is 3. The van der Waals surface area contributed by atoms with Crippen LogP contribution in [0.15, 0.2) is 0 Å². The van der Waals surface area contributed by atoms with Gasteiger partial charge in [0.05, 0.1) is 6.61 Å². The van der Waals surface area contributed by atoms with Gasteiger partial charge in [0.25, 0.3) is 0 Å². The molecule has 1 rings (SSSR count). The summed E-state index contributed by atoms with van der Waals surface area (Å²) in [5.41, 5.74) is 8.07. The smallest absolute Gasteiger partial charge is 0.246 e. The van der Waals surface area contributed by atoms with Gasteiger partial charge in [-0.25, -0.2) is 5.48 Å². The highest BCUT2D eigenvalue weighted by Gasteiger charge is 2.27. The largest absolute Gasteiger partial charge is 0.328 e. The number of hydrogen-bond acceptors (Lipinski definition) is 3. The predicted molar refractivity (Wildman–Crippen MR) is 45.1 cm³/mol. The van der Waals surface area contributed by atoms with Crippen LogP contribution in [0.25, 0.3) is 0 Å². The normalized spacial score (nSPS) is 28.8. The monoisotopic (exact) mass is 172 g/mol. The number of carbonyl (C=O) groups is 1. The highest BCUT2D eigenvalue weighted by molar-refractivity contribution is 5.77. The Morgan fingerprint density at radius 3 is 2.92 bits per heavy atom. The van der Waals surface area contributed by atoms with Crippen LogP contribution in [0.4, 0.5) is 0 Å². The van der Waals surface area contributed by atoms with Gasteiger partial charge in [-0.15, -0.1) is 0 Å². The Labute approximate surface area is 72.4 Å². The Hall–Kier alpha value is -0.610. The van der Waals surface area contributed by atoms with E-state index in [-0.39, 0.29) is 17.9 Å². The minimum Gasteiger partial charge on any atom is -0.328 e. The summed E-state index contributed by atoms with van der Waals surface area (Å²) in [5.74, 6) is 0.0383. The third-order valence-electron chi connectivity index (χ3n) is 2.16. The van der Waals surface area contributed by atoms with E-state index in [0.717, 1.165) is 19.3 Å². The van der Waals surface area contributed by atoms with Gasteiger partial charge in [0, 0.05) is 12.0 Å². The second kappa shape index (κ2) is 4.42. The topological polar surface area (TPSA) is 64.3 Å². The van der Waals surface area contributed by atoms with Crippen molar-refractivity contribution in [3.63, 3.8) is 0 Å². The first-order valence-electron chi connectivity index (χ1n) is 4.41. The maximum atomic E-state index is 11.3. The molecule has 2 atom stereocenters. The average molecular weight is 172 g/mol. The number of carbonyl (C=O) groups excluding carboxylic acids is 1. The summed E-state index contributed by atoms with van der Waals surface area (Å²) in [6.45, 7) is 2.34. The Morgan fingerprint density at radius 2 is 2.42 bits per heavy atom. The van der Waals surface area contributed by atoms with Crippen LogP contribution in [0.5, 0.6) is 0 Å². The molecule has 4 heteroatoms. The van der Waals surface area contributed by atoms with Crippen LogP contribution in [-0.4, -0.2) is 18.6 Å². The van der Waals surface area contributed by atoms with Gasteiger partial charge in [-0.1, -0.05) is 0 Å². The van der Waals surface area contributed by atoms with Gasteiger partial charge in [0.2, 0.25) is 5.91 Å². The molecule has 0 saturated heterocycles. The van der Waals surface area contributed by atoms with E-state index in [2.05, 4.69) is 5.48 Å². The molecule has 0 heterocycles. The van der Waals surface area contributed by atoms with Crippen LogP contribution >= 0.6 is 0 Å². The van der Waals surface area contributed by atoms with E-state index in [1.54, 1.807) is 0 Å². The Morgan fingerprint density at radius 1 is 1.67 bits per heavy atom. The number of nitrogens with one attached hydrogen (secondary N) is 1. The highest BCUT2D eigenvalue weighted by Crippen LogP contribution is 2.23. The van der Waals surface area contributed by atoms with Crippen LogP contribution in [0.3, 0.4) is 0 Å². The molecule has 2 unspecified atom stereocenters. The van der Waals surface area contributed by atoms with Crippen LogP contribution < -0.4 is 11.2 Å². The molecule has 1 saturated carbocycles. The summed E-state index contributed by atoms with van der Waals surface area (Å²) in [6, 6.07) is 0.197. The number of nitrogens with two attached hydrogens (primary N) is 1. The van der Waals surface area contributed by atoms with Crippen LogP contribution in [0.2, 0.25) is 0 Å². The third kappa shape index (κ3) is 2.46. The first-order chi connectivity index (χ1) is 5.74. The van der Waals surface area contributed by atoms with E-state index in [1.165, 1.54) is 0 Å². The Kier molecular flexibility index (Phi) is 3.49. The number of hydrogen-bond donors (Lipinski definition) is 2. The van der Waals surface area contributed by atoms with Crippen molar-refractivity contribution in [2.75, 3.05) is 6.61 Å². The summed E-state index contributed by atoms with van der Waals surface area (Å²) >= 11 is 0. The van der Waals surface area contributed by atoms with Crippen LogP contribution in [-0.2, 0) is 9.63 Å². The molecule has 1 aliphatic carbocycles. The molecule has 0 aliphatic heterocycles. The van der Waals surface area contributed by atoms with Crippen molar-refractivity contribution in [1.29, 1.82) is 0 Å². The molecule has 70 valence electrons. The second-order valence-electron chi connectivity index (χ2n) is 3.17. The van der Waals surface area contributed by atoms with E-state index in [9.17, 15) is 4.79 Å². The van der Waals surface area contributed by atoms with Gasteiger partial charge in [0.1, 0.15) is 0 Å². The maximum Gasteiger partial charge on any atom is 0.246 e. The fourth-order valence-electron chi connectivity index (χ4n) is 1.48. The molecule has 3 N–H and O–H groups in total. The van der Waals surface area contributed by atoms with E-state index in [1.807, 2.05) is 6.92 Å². The van der Waals surface area contributed by atoms with Crippen molar-refractivity contribution in [3.05, 3.63) is 0 Å². The van der Waals surface area contributed by atoms with Crippen molar-refractivity contribution >= 4 is 5.91 Å². The fraction of sp³-hybridized carbons (Fsp3) is 0.875. The van der Waals surface area contributed by atoms with Crippen molar-refractivity contribution in [2.45, 2.75) is 32.2 Å². The lowest BCUT2D eigenvalue weighted by Crippen LogP contribution is -2.30. The summed E-state index contributed by atoms with van der Waals surface area (Å²) in [4.78, 5) is 16.1. The minimum absolute atomic E-state index is 0.0233. The van der Waals surface area contributed by atoms with E-state index in [0.29, 0.717) is 6.61 Å². The first-order valence-corrected chi connectivity index (χ1v) is 4.41. The van der Waals surface area contributed by atoms with Gasteiger partial charge in [0.15, 0.2) is 0 Å². The Balaban J connectivity index is 2.23. The van der Waals surface area contributed by atoms with E-state index in [4.69, 9.17) is 10.6 Å². The van der Waals surface area contributed by atoms with Crippen molar-refractivity contribution in [2.24, 2.45) is 11.7 Å². The lowest BCUT2D eigenvalue weighted by molar-refractivity contribution is -0.137. The fourth-order valence-corrected chi connectivity index (χ4v) is 1.48. The molecule has 12 heavy (non-hydrogen) atoms. The quantitative estimate of drug-likeness (QED) is 0.597. The lowest BCUT2D eigenvalue weighted by Gasteiger charge is -2.08. The van der Waals surface area contributed by atoms with Crippen LogP contribution in [0, 0.1) is 5.92 Å². The second-order valence-corrected chi connectivity index (χ2v) is 3.17. The summed E-state index contributed by atoms with van der Waals surface area (Å²) in [7, 11) is 0. The summed E-state index contributed by atoms with van der Waals surface area (Å²) in [5, 5.41) is 0. The number of hydroxylamine groups is 1. The molecular weight excluding hydrogens is 156 g/mol. The Bertz CT molecular complexity index is 161. The first kappa shape index (κ1) is 9.48. The standard InChI is InChI=1S/C8H16N2O2/c1-2-12-10-8(11)6-3-4-7(9)5-6/h6-7H,2-5,9H2,1H3,(H,10,11). The van der Waals surface area contributed by atoms with Gasteiger partial charge >= 0.3 is 0 Å². The van der Waals surface area contributed by atoms with Crippen molar-refractivity contribution < 1.29 is 9.63 Å². The number of amides is 1. The van der Waals surface area contributed by atoms with E-state index < -0.39 is 0 Å². The zero-order valence-electron chi connectivity index (χ0n) is 7.38. The molecule has 4 nitrogen and oxygen atoms in total. The molecule has 0 spiro atoms. The molecular formula is C8H16N2O2. The van der Waals surface area contributed by atoms with Gasteiger partial charge in [-0.2, -0.15) is 0 Å². The molecule has 0 aromatic heterocycles. The third-order valence-corrected chi connectivity index (χ3v) is 2.16. The van der Waals surface area contributed by atoms with Gasteiger partial charge < -0.3 is 5.73 Å². The SMILES string of the molecule is CCONC(=O)C1CCC(N)C1. The van der Waals surface area contributed by atoms with E-state index >= 15 is 0 Å². The zero-order chi connectivity index (χ0) is 8.97. The lowest BCUT2D eigenvalue weighted by atomic mass is 10.1. The van der Waals surface area contributed by atoms with Crippen molar-refractivity contribution in [1.82, 2.24) is 5.48 Å². The van der Waals surface area contributed by atoms with Gasteiger partial charge in [-0.05, 0) is 26.2 Å². The highest BCUT2D eigenvalue weighted by atomic mass is 16.6. The summed E-state index contributed by atoms with van der Waals surface area (Å²) < 4.78 is 0. The molecule has 1 fully saturated rings.